The van der Waals surface area contributed by atoms with Gasteiger partial charge in [0, 0.05) is 19.6 Å². The number of imidazole rings is 1. The molecule has 0 aliphatic rings. The standard InChI is InChI=1S/C14H9Br3ClN3/c1-7(18)13-20-11-5-9(16)6-19-14(11)21(13)12-3-2-8(15)4-10(12)17/h2-7H,1H3. The molecular formula is C14H9Br3ClN3. The Morgan fingerprint density at radius 2 is 1.90 bits per heavy atom. The van der Waals surface area contributed by atoms with Crippen molar-refractivity contribution in [3.05, 3.63) is 49.7 Å². The van der Waals surface area contributed by atoms with E-state index in [2.05, 4.69) is 57.8 Å². The number of nitrogens with zero attached hydrogens (tertiary/aromatic N) is 3. The molecule has 3 rings (SSSR count). The van der Waals surface area contributed by atoms with E-state index in [9.17, 15) is 0 Å². The first-order chi connectivity index (χ1) is 9.97. The highest BCUT2D eigenvalue weighted by Gasteiger charge is 2.19. The van der Waals surface area contributed by atoms with Crippen LogP contribution in [0.1, 0.15) is 18.1 Å². The Bertz CT molecular complexity index is 830. The number of alkyl halides is 1. The molecule has 0 bridgehead atoms. The van der Waals surface area contributed by atoms with Crippen molar-refractivity contribution < 1.29 is 0 Å². The number of pyridine rings is 1. The van der Waals surface area contributed by atoms with Crippen LogP contribution in [0.15, 0.2) is 43.9 Å². The molecule has 0 fully saturated rings. The molecule has 0 amide bonds. The SMILES string of the molecule is CC(Cl)c1nc2cc(Br)cnc2n1-c1ccc(Br)cc1Br. The Morgan fingerprint density at radius 1 is 1.14 bits per heavy atom. The van der Waals surface area contributed by atoms with Crippen LogP contribution in [0.4, 0.5) is 0 Å². The topological polar surface area (TPSA) is 30.7 Å². The lowest BCUT2D eigenvalue weighted by Crippen LogP contribution is -2.03. The summed E-state index contributed by atoms with van der Waals surface area (Å²) in [6, 6.07) is 7.91. The van der Waals surface area contributed by atoms with Gasteiger partial charge in [-0.3, -0.25) is 4.57 Å². The lowest BCUT2D eigenvalue weighted by atomic mass is 10.3. The molecule has 0 spiro atoms. The number of benzene rings is 1. The van der Waals surface area contributed by atoms with Gasteiger partial charge < -0.3 is 0 Å². The normalized spacial score (nSPS) is 12.8. The molecule has 0 radical (unpaired) electrons. The first-order valence-electron chi connectivity index (χ1n) is 6.11. The number of hydrogen-bond acceptors (Lipinski definition) is 2. The Balaban J connectivity index is 2.36. The molecule has 2 aromatic heterocycles. The fourth-order valence-electron chi connectivity index (χ4n) is 2.12. The van der Waals surface area contributed by atoms with Crippen LogP contribution in [0.2, 0.25) is 0 Å². The highest BCUT2D eigenvalue weighted by atomic mass is 79.9. The van der Waals surface area contributed by atoms with Gasteiger partial charge in [0.25, 0.3) is 0 Å². The fourth-order valence-corrected chi connectivity index (χ4v) is 3.81. The van der Waals surface area contributed by atoms with Gasteiger partial charge in [-0.05, 0) is 63.0 Å². The van der Waals surface area contributed by atoms with Crippen LogP contribution in [0.3, 0.4) is 0 Å². The van der Waals surface area contributed by atoms with Gasteiger partial charge in [-0.1, -0.05) is 15.9 Å². The molecule has 0 aliphatic carbocycles. The predicted octanol–water partition coefficient (Wildman–Crippen LogP) is 6.01. The maximum absolute atomic E-state index is 6.31. The van der Waals surface area contributed by atoms with Crippen molar-refractivity contribution in [1.29, 1.82) is 0 Å². The van der Waals surface area contributed by atoms with E-state index in [0.717, 1.165) is 36.1 Å². The minimum atomic E-state index is -0.228. The molecule has 7 heteroatoms. The Hall–Kier alpha value is -0.430. The number of hydrogen-bond donors (Lipinski definition) is 0. The quantitative estimate of drug-likeness (QED) is 0.409. The van der Waals surface area contributed by atoms with E-state index in [1.165, 1.54) is 0 Å². The lowest BCUT2D eigenvalue weighted by molar-refractivity contribution is 0.874. The average Bonchev–Trinajstić information content (AvgIpc) is 2.77. The largest absolute Gasteiger partial charge is 0.278 e. The molecule has 3 aromatic rings. The van der Waals surface area contributed by atoms with Crippen molar-refractivity contribution in [2.24, 2.45) is 0 Å². The second-order valence-electron chi connectivity index (χ2n) is 4.51. The van der Waals surface area contributed by atoms with E-state index in [1.54, 1.807) is 6.20 Å². The summed E-state index contributed by atoms with van der Waals surface area (Å²) in [4.78, 5) is 9.10. The van der Waals surface area contributed by atoms with Crippen molar-refractivity contribution in [1.82, 2.24) is 14.5 Å². The van der Waals surface area contributed by atoms with E-state index in [-0.39, 0.29) is 5.38 Å². The first-order valence-corrected chi connectivity index (χ1v) is 8.92. The highest BCUT2D eigenvalue weighted by molar-refractivity contribution is 9.11. The molecule has 0 saturated heterocycles. The average molecular weight is 494 g/mol. The molecule has 21 heavy (non-hydrogen) atoms. The van der Waals surface area contributed by atoms with Gasteiger partial charge >= 0.3 is 0 Å². The summed E-state index contributed by atoms with van der Waals surface area (Å²) < 4.78 is 4.82. The fraction of sp³-hybridized carbons (Fsp3) is 0.143. The monoisotopic (exact) mass is 491 g/mol. The van der Waals surface area contributed by atoms with Gasteiger partial charge in [0.2, 0.25) is 0 Å². The van der Waals surface area contributed by atoms with Crippen LogP contribution in [0.25, 0.3) is 16.9 Å². The summed E-state index contributed by atoms with van der Waals surface area (Å²) in [5.74, 6) is 0.764. The molecule has 2 heterocycles. The minimum absolute atomic E-state index is 0.228. The van der Waals surface area contributed by atoms with Gasteiger partial charge in [0.1, 0.15) is 11.3 Å². The van der Waals surface area contributed by atoms with Crippen molar-refractivity contribution in [3.8, 4) is 5.69 Å². The van der Waals surface area contributed by atoms with Gasteiger partial charge in [-0.2, -0.15) is 0 Å². The van der Waals surface area contributed by atoms with Gasteiger partial charge in [0.05, 0.1) is 11.1 Å². The highest BCUT2D eigenvalue weighted by Crippen LogP contribution is 2.32. The van der Waals surface area contributed by atoms with Crippen LogP contribution in [-0.4, -0.2) is 14.5 Å². The van der Waals surface area contributed by atoms with E-state index < -0.39 is 0 Å². The third-order valence-electron chi connectivity index (χ3n) is 3.00. The van der Waals surface area contributed by atoms with Crippen molar-refractivity contribution in [2.75, 3.05) is 0 Å². The van der Waals surface area contributed by atoms with E-state index in [0.29, 0.717) is 0 Å². The number of fused-ring (bicyclic) bond motifs is 1. The molecule has 3 nitrogen and oxygen atoms in total. The lowest BCUT2D eigenvalue weighted by Gasteiger charge is -2.12. The van der Waals surface area contributed by atoms with Crippen molar-refractivity contribution >= 4 is 70.6 Å². The maximum atomic E-state index is 6.31. The summed E-state index contributed by atoms with van der Waals surface area (Å²) in [7, 11) is 0. The van der Waals surface area contributed by atoms with Gasteiger partial charge in [-0.15, -0.1) is 11.6 Å². The van der Waals surface area contributed by atoms with Crippen LogP contribution >= 0.6 is 59.4 Å². The van der Waals surface area contributed by atoms with Crippen LogP contribution < -0.4 is 0 Å². The molecule has 0 N–H and O–H groups in total. The molecule has 1 aromatic carbocycles. The Morgan fingerprint density at radius 3 is 2.57 bits per heavy atom. The first kappa shape index (κ1) is 15.5. The second-order valence-corrected chi connectivity index (χ2v) is 7.85. The third kappa shape index (κ3) is 2.91. The smallest absolute Gasteiger partial charge is 0.164 e. The molecule has 1 unspecified atom stereocenters. The Kier molecular flexibility index (Phi) is 4.41. The summed E-state index contributed by atoms with van der Waals surface area (Å²) in [5, 5.41) is -0.228. The summed E-state index contributed by atoms with van der Waals surface area (Å²) >= 11 is 16.8. The zero-order chi connectivity index (χ0) is 15.1. The van der Waals surface area contributed by atoms with Crippen molar-refractivity contribution in [3.63, 3.8) is 0 Å². The number of halogens is 4. The maximum Gasteiger partial charge on any atom is 0.164 e. The Labute approximate surface area is 152 Å². The molecular weight excluding hydrogens is 485 g/mol. The van der Waals surface area contributed by atoms with Crippen LogP contribution in [-0.2, 0) is 0 Å². The minimum Gasteiger partial charge on any atom is -0.278 e. The molecule has 0 aliphatic heterocycles. The third-order valence-corrected chi connectivity index (χ3v) is 4.75. The predicted molar refractivity (Wildman–Crippen MR) is 96.2 cm³/mol. The van der Waals surface area contributed by atoms with Gasteiger partial charge in [0.15, 0.2) is 5.65 Å². The zero-order valence-electron chi connectivity index (χ0n) is 10.8. The summed E-state index contributed by atoms with van der Waals surface area (Å²) in [5.41, 5.74) is 2.54. The van der Waals surface area contributed by atoms with E-state index in [1.807, 2.05) is 35.8 Å². The zero-order valence-corrected chi connectivity index (χ0v) is 16.3. The van der Waals surface area contributed by atoms with Crippen LogP contribution in [0, 0.1) is 0 Å². The van der Waals surface area contributed by atoms with E-state index >= 15 is 0 Å². The second kappa shape index (κ2) is 5.99. The van der Waals surface area contributed by atoms with E-state index in [4.69, 9.17) is 11.6 Å². The number of aromatic nitrogens is 3. The van der Waals surface area contributed by atoms with Crippen molar-refractivity contribution in [2.45, 2.75) is 12.3 Å². The summed E-state index contributed by atoms with van der Waals surface area (Å²) in [6.45, 7) is 1.90. The summed E-state index contributed by atoms with van der Waals surface area (Å²) in [6.07, 6.45) is 1.76. The molecule has 1 atom stereocenters. The molecule has 108 valence electrons. The number of rotatable bonds is 2. The molecule has 0 saturated carbocycles. The van der Waals surface area contributed by atoms with Crippen LogP contribution in [0.5, 0.6) is 0 Å². The van der Waals surface area contributed by atoms with Gasteiger partial charge in [-0.25, -0.2) is 9.97 Å².